The van der Waals surface area contributed by atoms with Gasteiger partial charge in [-0.1, -0.05) is 48.6 Å². The van der Waals surface area contributed by atoms with Crippen molar-refractivity contribution in [2.45, 2.75) is 24.6 Å². The van der Waals surface area contributed by atoms with Crippen LogP contribution in [0, 0.1) is 0 Å². The lowest BCUT2D eigenvalue weighted by molar-refractivity contribution is -0.139. The summed E-state index contributed by atoms with van der Waals surface area (Å²) in [7, 11) is 0. The normalized spacial score (nSPS) is 12.1. The average molecular weight is 432 g/mol. The molecule has 0 radical (unpaired) electrons. The van der Waals surface area contributed by atoms with Crippen LogP contribution >= 0.6 is 12.4 Å². The zero-order valence-electron chi connectivity index (χ0n) is 15.7. The molecule has 4 N–H and O–H groups in total. The number of benzene rings is 2. The molecule has 0 saturated heterocycles. The SMILES string of the molecule is Cl.NC(/C=C/c1ccc(OCCCc2ccccc2)c(C(F)(F)F)c1)(CO)CO. The fourth-order valence-electron chi connectivity index (χ4n) is 2.52. The van der Waals surface area contributed by atoms with E-state index in [4.69, 9.17) is 20.7 Å². The Kier molecular flexibility index (Phi) is 9.65. The van der Waals surface area contributed by atoms with Gasteiger partial charge in [0.15, 0.2) is 0 Å². The highest BCUT2D eigenvalue weighted by Gasteiger charge is 2.34. The van der Waals surface area contributed by atoms with E-state index in [9.17, 15) is 13.2 Å². The molecule has 29 heavy (non-hydrogen) atoms. The Labute approximate surface area is 174 Å². The quantitative estimate of drug-likeness (QED) is 0.527. The molecule has 0 saturated carbocycles. The van der Waals surface area contributed by atoms with Crippen LogP contribution in [0.15, 0.2) is 54.6 Å². The van der Waals surface area contributed by atoms with Crippen molar-refractivity contribution in [1.29, 1.82) is 0 Å². The van der Waals surface area contributed by atoms with E-state index in [1.807, 2.05) is 30.3 Å². The van der Waals surface area contributed by atoms with E-state index in [1.54, 1.807) is 0 Å². The highest BCUT2D eigenvalue weighted by atomic mass is 35.5. The van der Waals surface area contributed by atoms with Crippen molar-refractivity contribution in [3.63, 3.8) is 0 Å². The Bertz CT molecular complexity index is 778. The van der Waals surface area contributed by atoms with Gasteiger partial charge >= 0.3 is 6.18 Å². The van der Waals surface area contributed by atoms with E-state index in [2.05, 4.69) is 0 Å². The molecule has 0 aromatic heterocycles. The van der Waals surface area contributed by atoms with Gasteiger partial charge < -0.3 is 20.7 Å². The fraction of sp³-hybridized carbons (Fsp3) is 0.333. The molecule has 0 amide bonds. The number of hydrogen-bond donors (Lipinski definition) is 3. The zero-order valence-corrected chi connectivity index (χ0v) is 16.5. The Morgan fingerprint density at radius 3 is 2.24 bits per heavy atom. The molecule has 2 aromatic carbocycles. The molecule has 0 unspecified atom stereocenters. The Morgan fingerprint density at radius 2 is 1.66 bits per heavy atom. The summed E-state index contributed by atoms with van der Waals surface area (Å²) in [6.45, 7) is -0.905. The van der Waals surface area contributed by atoms with Crippen LogP contribution in [0.4, 0.5) is 13.2 Å². The minimum atomic E-state index is -4.58. The maximum absolute atomic E-state index is 13.4. The molecule has 0 aliphatic rings. The van der Waals surface area contributed by atoms with Crippen molar-refractivity contribution in [3.8, 4) is 5.75 Å². The molecule has 0 spiro atoms. The first-order valence-electron chi connectivity index (χ1n) is 8.85. The van der Waals surface area contributed by atoms with Crippen molar-refractivity contribution in [1.82, 2.24) is 0 Å². The first-order valence-corrected chi connectivity index (χ1v) is 8.85. The van der Waals surface area contributed by atoms with Crippen LogP contribution in [0.5, 0.6) is 5.75 Å². The third-order valence-corrected chi connectivity index (χ3v) is 4.22. The summed E-state index contributed by atoms with van der Waals surface area (Å²) in [6, 6.07) is 13.3. The maximum Gasteiger partial charge on any atom is 0.419 e. The number of ether oxygens (including phenoxy) is 1. The number of rotatable bonds is 9. The van der Waals surface area contributed by atoms with Crippen LogP contribution < -0.4 is 10.5 Å². The summed E-state index contributed by atoms with van der Waals surface area (Å²) >= 11 is 0. The number of aryl methyl sites for hydroxylation is 1. The molecule has 0 aliphatic carbocycles. The monoisotopic (exact) mass is 431 g/mol. The Balaban J connectivity index is 0.00000420. The lowest BCUT2D eigenvalue weighted by Gasteiger charge is -2.20. The van der Waals surface area contributed by atoms with Crippen LogP contribution in [0.1, 0.15) is 23.1 Å². The van der Waals surface area contributed by atoms with E-state index in [0.29, 0.717) is 12.8 Å². The zero-order chi connectivity index (χ0) is 20.6. The van der Waals surface area contributed by atoms with Gasteiger partial charge in [-0.05, 0) is 36.1 Å². The Morgan fingerprint density at radius 1 is 1.00 bits per heavy atom. The molecule has 0 heterocycles. The number of nitrogens with two attached hydrogens (primary N) is 1. The summed E-state index contributed by atoms with van der Waals surface area (Å²) in [5.74, 6) is -0.235. The third-order valence-electron chi connectivity index (χ3n) is 4.22. The van der Waals surface area contributed by atoms with Gasteiger partial charge in [-0.3, -0.25) is 0 Å². The van der Waals surface area contributed by atoms with Crippen molar-refractivity contribution in [2.24, 2.45) is 5.73 Å². The largest absolute Gasteiger partial charge is 0.493 e. The van der Waals surface area contributed by atoms with Gasteiger partial charge in [0.25, 0.3) is 0 Å². The second-order valence-corrected chi connectivity index (χ2v) is 6.57. The number of hydrogen-bond acceptors (Lipinski definition) is 4. The molecule has 8 heteroatoms. The summed E-state index contributed by atoms with van der Waals surface area (Å²) in [4.78, 5) is 0. The van der Waals surface area contributed by atoms with Crippen LogP contribution in [-0.2, 0) is 12.6 Å². The summed E-state index contributed by atoms with van der Waals surface area (Å²) < 4.78 is 45.6. The molecular formula is C21H25ClF3NO3. The highest BCUT2D eigenvalue weighted by molar-refractivity contribution is 5.85. The lowest BCUT2D eigenvalue weighted by Crippen LogP contribution is -2.45. The van der Waals surface area contributed by atoms with Crippen LogP contribution in [0.2, 0.25) is 0 Å². The van der Waals surface area contributed by atoms with Crippen molar-refractivity contribution in [2.75, 3.05) is 19.8 Å². The Hall–Kier alpha value is -2.06. The number of alkyl halides is 3. The number of aliphatic hydroxyl groups is 2. The molecule has 160 valence electrons. The second-order valence-electron chi connectivity index (χ2n) is 6.57. The third kappa shape index (κ3) is 7.70. The van der Waals surface area contributed by atoms with Crippen molar-refractivity contribution < 1.29 is 28.1 Å². The molecule has 0 atom stereocenters. The van der Waals surface area contributed by atoms with Gasteiger partial charge in [0, 0.05) is 0 Å². The van der Waals surface area contributed by atoms with E-state index >= 15 is 0 Å². The average Bonchev–Trinajstić information content (AvgIpc) is 2.70. The first kappa shape index (κ1) is 25.0. The summed E-state index contributed by atoms with van der Waals surface area (Å²) in [5.41, 5.74) is 4.75. The molecule has 0 bridgehead atoms. The molecule has 0 fully saturated rings. The van der Waals surface area contributed by atoms with E-state index in [-0.39, 0.29) is 30.3 Å². The predicted octanol–water partition coefficient (Wildman–Crippen LogP) is 3.83. The smallest absolute Gasteiger partial charge is 0.419 e. The van der Waals surface area contributed by atoms with Gasteiger partial charge in [0.1, 0.15) is 5.75 Å². The van der Waals surface area contributed by atoms with E-state index in [1.165, 1.54) is 24.3 Å². The molecule has 2 aromatic rings. The predicted molar refractivity (Wildman–Crippen MR) is 109 cm³/mol. The van der Waals surface area contributed by atoms with Gasteiger partial charge in [0.2, 0.25) is 0 Å². The minimum absolute atomic E-state index is 0. The van der Waals surface area contributed by atoms with Crippen LogP contribution in [0.3, 0.4) is 0 Å². The lowest BCUT2D eigenvalue weighted by atomic mass is 10.0. The van der Waals surface area contributed by atoms with Crippen LogP contribution in [0.25, 0.3) is 6.08 Å². The summed E-state index contributed by atoms with van der Waals surface area (Å²) in [6.07, 6.45) is -0.661. The minimum Gasteiger partial charge on any atom is -0.493 e. The van der Waals surface area contributed by atoms with Gasteiger partial charge in [-0.15, -0.1) is 12.4 Å². The van der Waals surface area contributed by atoms with E-state index < -0.39 is 30.5 Å². The first-order chi connectivity index (χ1) is 13.3. The molecule has 4 nitrogen and oxygen atoms in total. The second kappa shape index (κ2) is 11.2. The van der Waals surface area contributed by atoms with Crippen molar-refractivity contribution >= 4 is 18.5 Å². The van der Waals surface area contributed by atoms with Gasteiger partial charge in [-0.2, -0.15) is 13.2 Å². The van der Waals surface area contributed by atoms with Crippen LogP contribution in [-0.4, -0.2) is 35.6 Å². The van der Waals surface area contributed by atoms with Gasteiger partial charge in [0.05, 0.1) is 30.9 Å². The summed E-state index contributed by atoms with van der Waals surface area (Å²) in [5, 5.41) is 18.3. The highest BCUT2D eigenvalue weighted by Crippen LogP contribution is 2.37. The topological polar surface area (TPSA) is 75.7 Å². The van der Waals surface area contributed by atoms with Gasteiger partial charge in [-0.25, -0.2) is 0 Å². The molecule has 2 rings (SSSR count). The maximum atomic E-state index is 13.4. The van der Waals surface area contributed by atoms with Crippen molar-refractivity contribution in [3.05, 3.63) is 71.3 Å². The van der Waals surface area contributed by atoms with E-state index in [0.717, 1.165) is 11.6 Å². The molecule has 0 aliphatic heterocycles. The standard InChI is InChI=1S/C21H24F3NO3.ClH/c22-21(23,24)18-13-17(10-11-20(25,14-26)15-27)8-9-19(18)28-12-4-7-16-5-2-1-3-6-16;/h1-3,5-6,8-11,13,26-27H,4,7,12,14-15,25H2;1H/b11-10+;. The fourth-order valence-corrected chi connectivity index (χ4v) is 2.52. The number of halogens is 4. The molecular weight excluding hydrogens is 407 g/mol. The number of aliphatic hydroxyl groups excluding tert-OH is 2.